The van der Waals surface area contributed by atoms with Crippen molar-refractivity contribution in [1.82, 2.24) is 15.7 Å². The van der Waals surface area contributed by atoms with Gasteiger partial charge in [-0.05, 0) is 29.8 Å². The Kier molecular flexibility index (Phi) is 3.87. The van der Waals surface area contributed by atoms with Gasteiger partial charge in [0.1, 0.15) is 11.4 Å². The molecule has 0 bridgehead atoms. The summed E-state index contributed by atoms with van der Waals surface area (Å²) < 4.78 is 9.51. The maximum absolute atomic E-state index is 11.6. The molecule has 0 spiro atoms. The summed E-state index contributed by atoms with van der Waals surface area (Å²) in [6.45, 7) is 1.62. The summed E-state index contributed by atoms with van der Waals surface area (Å²) in [6.07, 6.45) is 1.50. The Bertz CT molecular complexity index is 607. The summed E-state index contributed by atoms with van der Waals surface area (Å²) >= 11 is 0. The number of carbonyl (C=O) groups excluding carboxylic acids is 1. The fourth-order valence-corrected chi connectivity index (χ4v) is 1.38. The fraction of sp³-hybridized carbons (Fsp3) is 0.167. The van der Waals surface area contributed by atoms with Crippen molar-refractivity contribution in [3.63, 3.8) is 0 Å². The molecule has 1 aromatic heterocycles. The molecule has 0 radical (unpaired) electrons. The molecular formula is C12H12N4O3. The molecule has 0 aliphatic heterocycles. The van der Waals surface area contributed by atoms with Crippen LogP contribution in [0.15, 0.2) is 34.0 Å². The number of aromatic nitrogens is 2. The molecule has 0 aliphatic carbocycles. The molecule has 1 aromatic carbocycles. The molecule has 1 N–H and O–H groups in total. The van der Waals surface area contributed by atoms with Crippen LogP contribution in [0.25, 0.3) is 0 Å². The molecule has 7 nitrogen and oxygen atoms in total. The lowest BCUT2D eigenvalue weighted by atomic mass is 10.2. The minimum atomic E-state index is -0.474. The number of hydrazone groups is 1. The van der Waals surface area contributed by atoms with Crippen LogP contribution in [0.3, 0.4) is 0 Å². The van der Waals surface area contributed by atoms with Crippen molar-refractivity contribution in [2.75, 3.05) is 7.11 Å². The van der Waals surface area contributed by atoms with Gasteiger partial charge < -0.3 is 4.74 Å². The SMILES string of the molecule is COc1cccc(/C=N/NC(=O)c2nonc2C)c1. The fourth-order valence-electron chi connectivity index (χ4n) is 1.38. The first-order chi connectivity index (χ1) is 9.20. The van der Waals surface area contributed by atoms with Crippen LogP contribution in [0.5, 0.6) is 5.75 Å². The van der Waals surface area contributed by atoms with Crippen molar-refractivity contribution in [2.24, 2.45) is 5.10 Å². The van der Waals surface area contributed by atoms with Crippen LogP contribution in [0.1, 0.15) is 21.7 Å². The smallest absolute Gasteiger partial charge is 0.295 e. The van der Waals surface area contributed by atoms with Gasteiger partial charge in [0, 0.05) is 0 Å². The van der Waals surface area contributed by atoms with E-state index in [9.17, 15) is 4.79 Å². The first-order valence-electron chi connectivity index (χ1n) is 5.47. The van der Waals surface area contributed by atoms with Crippen molar-refractivity contribution in [3.05, 3.63) is 41.2 Å². The van der Waals surface area contributed by atoms with Gasteiger partial charge in [-0.2, -0.15) is 5.10 Å². The van der Waals surface area contributed by atoms with E-state index in [2.05, 4.69) is 25.5 Å². The molecule has 2 aromatic rings. The highest BCUT2D eigenvalue weighted by Gasteiger charge is 2.13. The number of benzene rings is 1. The van der Waals surface area contributed by atoms with E-state index in [0.29, 0.717) is 11.4 Å². The van der Waals surface area contributed by atoms with E-state index in [1.165, 1.54) is 6.21 Å². The highest BCUT2D eigenvalue weighted by molar-refractivity contribution is 5.93. The highest BCUT2D eigenvalue weighted by Crippen LogP contribution is 2.10. The Morgan fingerprint density at radius 1 is 1.47 bits per heavy atom. The number of carbonyl (C=O) groups is 1. The van der Waals surface area contributed by atoms with Gasteiger partial charge in [-0.25, -0.2) is 10.1 Å². The van der Waals surface area contributed by atoms with E-state index in [1.54, 1.807) is 20.1 Å². The number of ether oxygens (including phenoxy) is 1. The second kappa shape index (κ2) is 5.76. The quantitative estimate of drug-likeness (QED) is 0.658. The third-order valence-corrected chi connectivity index (χ3v) is 2.34. The summed E-state index contributed by atoms with van der Waals surface area (Å²) in [4.78, 5) is 11.6. The number of aryl methyl sites for hydroxylation is 1. The van der Waals surface area contributed by atoms with Crippen LogP contribution in [-0.2, 0) is 0 Å². The lowest BCUT2D eigenvalue weighted by Crippen LogP contribution is -2.19. The van der Waals surface area contributed by atoms with E-state index < -0.39 is 5.91 Å². The second-order valence-corrected chi connectivity index (χ2v) is 3.67. The lowest BCUT2D eigenvalue weighted by molar-refractivity contribution is 0.0945. The van der Waals surface area contributed by atoms with Crippen LogP contribution in [-0.4, -0.2) is 29.5 Å². The lowest BCUT2D eigenvalue weighted by Gasteiger charge is -1.99. The highest BCUT2D eigenvalue weighted by atomic mass is 16.6. The number of nitrogens with zero attached hydrogens (tertiary/aromatic N) is 3. The number of hydrogen-bond donors (Lipinski definition) is 1. The van der Waals surface area contributed by atoms with E-state index in [4.69, 9.17) is 4.74 Å². The summed E-state index contributed by atoms with van der Waals surface area (Å²) in [5.74, 6) is 0.240. The summed E-state index contributed by atoms with van der Waals surface area (Å²) in [7, 11) is 1.58. The normalized spacial score (nSPS) is 10.6. The number of hydrogen-bond acceptors (Lipinski definition) is 6. The number of nitrogens with one attached hydrogen (secondary N) is 1. The Hall–Kier alpha value is -2.70. The van der Waals surface area contributed by atoms with Crippen LogP contribution >= 0.6 is 0 Å². The van der Waals surface area contributed by atoms with E-state index in [-0.39, 0.29) is 5.69 Å². The zero-order valence-electron chi connectivity index (χ0n) is 10.5. The van der Waals surface area contributed by atoms with Gasteiger partial charge in [0.2, 0.25) is 0 Å². The molecule has 0 saturated carbocycles. The summed E-state index contributed by atoms with van der Waals surface area (Å²) in [5, 5.41) is 10.8. The van der Waals surface area contributed by atoms with Gasteiger partial charge in [0.05, 0.1) is 13.3 Å². The van der Waals surface area contributed by atoms with Gasteiger partial charge >= 0.3 is 0 Å². The molecule has 2 rings (SSSR count). The zero-order valence-corrected chi connectivity index (χ0v) is 10.5. The van der Waals surface area contributed by atoms with Gasteiger partial charge in [-0.15, -0.1) is 0 Å². The molecule has 0 aliphatic rings. The Morgan fingerprint density at radius 3 is 3.00 bits per heavy atom. The van der Waals surface area contributed by atoms with E-state index in [1.807, 2.05) is 18.2 Å². The Morgan fingerprint density at radius 2 is 2.32 bits per heavy atom. The topological polar surface area (TPSA) is 89.6 Å². The first kappa shape index (κ1) is 12.7. The number of rotatable bonds is 4. The van der Waals surface area contributed by atoms with Crippen LogP contribution < -0.4 is 10.2 Å². The molecular weight excluding hydrogens is 248 g/mol. The maximum Gasteiger partial charge on any atom is 0.295 e. The Labute approximate surface area is 109 Å². The third kappa shape index (κ3) is 3.15. The molecule has 0 saturated heterocycles. The van der Waals surface area contributed by atoms with Gasteiger partial charge in [-0.3, -0.25) is 4.79 Å². The molecule has 19 heavy (non-hydrogen) atoms. The van der Waals surface area contributed by atoms with E-state index >= 15 is 0 Å². The average Bonchev–Trinajstić information content (AvgIpc) is 2.85. The van der Waals surface area contributed by atoms with Crippen LogP contribution in [0.2, 0.25) is 0 Å². The minimum Gasteiger partial charge on any atom is -0.497 e. The van der Waals surface area contributed by atoms with Crippen molar-refractivity contribution in [3.8, 4) is 5.75 Å². The number of amides is 1. The first-order valence-corrected chi connectivity index (χ1v) is 5.47. The molecule has 98 valence electrons. The standard InChI is InChI=1S/C12H12N4O3/c1-8-11(16-19-15-8)12(17)14-13-7-9-4-3-5-10(6-9)18-2/h3-7H,1-2H3,(H,14,17)/b13-7+. The van der Waals surface area contributed by atoms with Crippen molar-refractivity contribution >= 4 is 12.1 Å². The molecule has 0 fully saturated rings. The maximum atomic E-state index is 11.6. The van der Waals surface area contributed by atoms with Gasteiger partial charge in [0.15, 0.2) is 5.69 Å². The average molecular weight is 260 g/mol. The molecule has 1 heterocycles. The largest absolute Gasteiger partial charge is 0.497 e. The van der Waals surface area contributed by atoms with Gasteiger partial charge in [0.25, 0.3) is 5.91 Å². The predicted octanol–water partition coefficient (Wildman–Crippen LogP) is 1.15. The molecule has 0 unspecified atom stereocenters. The van der Waals surface area contributed by atoms with Crippen LogP contribution in [0.4, 0.5) is 0 Å². The van der Waals surface area contributed by atoms with Crippen molar-refractivity contribution in [1.29, 1.82) is 0 Å². The predicted molar refractivity (Wildman–Crippen MR) is 67.1 cm³/mol. The molecule has 0 atom stereocenters. The van der Waals surface area contributed by atoms with Crippen molar-refractivity contribution in [2.45, 2.75) is 6.92 Å². The van der Waals surface area contributed by atoms with E-state index in [0.717, 1.165) is 5.56 Å². The minimum absolute atomic E-state index is 0.114. The van der Waals surface area contributed by atoms with Crippen LogP contribution in [0, 0.1) is 6.92 Å². The monoisotopic (exact) mass is 260 g/mol. The van der Waals surface area contributed by atoms with Crippen molar-refractivity contribution < 1.29 is 14.2 Å². The zero-order chi connectivity index (χ0) is 13.7. The second-order valence-electron chi connectivity index (χ2n) is 3.67. The molecule has 7 heteroatoms. The number of methoxy groups -OCH3 is 1. The summed E-state index contributed by atoms with van der Waals surface area (Å²) in [5.41, 5.74) is 3.66. The third-order valence-electron chi connectivity index (χ3n) is 2.34. The Balaban J connectivity index is 2.00. The molecule has 1 amide bonds. The summed E-state index contributed by atoms with van der Waals surface area (Å²) in [6, 6.07) is 7.27. The van der Waals surface area contributed by atoms with Gasteiger partial charge in [-0.1, -0.05) is 17.3 Å².